The van der Waals surface area contributed by atoms with Crippen molar-refractivity contribution in [3.8, 4) is 0 Å². The monoisotopic (exact) mass is 381 g/mol. The van der Waals surface area contributed by atoms with Gasteiger partial charge in [-0.2, -0.15) is 0 Å². The van der Waals surface area contributed by atoms with E-state index in [1.807, 2.05) is 32.0 Å². The Morgan fingerprint density at radius 3 is 2.11 bits per heavy atom. The number of hydrogen-bond donors (Lipinski definition) is 2. The Labute approximate surface area is 165 Å². The zero-order chi connectivity index (χ0) is 19.9. The maximum Gasteiger partial charge on any atom is 0.255 e. The van der Waals surface area contributed by atoms with Gasteiger partial charge < -0.3 is 15.4 Å². The predicted octanol–water partition coefficient (Wildman–Crippen LogP) is 2.62. The smallest absolute Gasteiger partial charge is 0.255 e. The average Bonchev–Trinajstić information content (AvgIpc) is 2.71. The van der Waals surface area contributed by atoms with E-state index in [0.717, 1.165) is 49.7 Å². The normalized spacial score (nSPS) is 14.5. The van der Waals surface area contributed by atoms with Gasteiger partial charge in [0.2, 0.25) is 0 Å². The van der Waals surface area contributed by atoms with Gasteiger partial charge in [0.25, 0.3) is 11.8 Å². The van der Waals surface area contributed by atoms with Gasteiger partial charge in [-0.1, -0.05) is 18.2 Å². The number of para-hydroxylation sites is 1. The Bertz CT molecular complexity index is 807. The minimum Gasteiger partial charge on any atom is -0.379 e. The van der Waals surface area contributed by atoms with Crippen molar-refractivity contribution in [1.82, 2.24) is 10.2 Å². The third-order valence-corrected chi connectivity index (χ3v) is 4.95. The molecule has 0 atom stereocenters. The molecular formula is C22H27N3O3. The summed E-state index contributed by atoms with van der Waals surface area (Å²) in [5.74, 6) is -0.313. The van der Waals surface area contributed by atoms with Gasteiger partial charge in [-0.3, -0.25) is 14.5 Å². The molecule has 0 aromatic heterocycles. The second kappa shape index (κ2) is 9.48. The van der Waals surface area contributed by atoms with Crippen LogP contribution in [0.15, 0.2) is 42.5 Å². The molecule has 1 heterocycles. The number of morpholine rings is 1. The van der Waals surface area contributed by atoms with Crippen molar-refractivity contribution >= 4 is 17.5 Å². The molecule has 6 nitrogen and oxygen atoms in total. The SMILES string of the molecule is Cc1cccc(C)c1NC(=O)c1ccc(C(=O)NCCN2CCOCC2)cc1. The topological polar surface area (TPSA) is 70.7 Å². The van der Waals surface area contributed by atoms with Crippen LogP contribution in [0.3, 0.4) is 0 Å². The van der Waals surface area contributed by atoms with Gasteiger partial charge in [-0.25, -0.2) is 0 Å². The van der Waals surface area contributed by atoms with E-state index < -0.39 is 0 Å². The minimum atomic E-state index is -0.184. The van der Waals surface area contributed by atoms with Crippen LogP contribution in [0.25, 0.3) is 0 Å². The van der Waals surface area contributed by atoms with Crippen LogP contribution in [-0.2, 0) is 4.74 Å². The number of carbonyl (C=O) groups excluding carboxylic acids is 2. The number of nitrogens with one attached hydrogen (secondary N) is 2. The number of nitrogens with zero attached hydrogens (tertiary/aromatic N) is 1. The summed E-state index contributed by atoms with van der Waals surface area (Å²) in [5, 5.41) is 5.89. The predicted molar refractivity (Wildman–Crippen MR) is 110 cm³/mol. The number of aryl methyl sites for hydroxylation is 2. The van der Waals surface area contributed by atoms with Crippen LogP contribution in [0, 0.1) is 13.8 Å². The lowest BCUT2D eigenvalue weighted by molar-refractivity contribution is 0.0383. The molecule has 0 spiro atoms. The summed E-state index contributed by atoms with van der Waals surface area (Å²) < 4.78 is 5.32. The van der Waals surface area contributed by atoms with Crippen molar-refractivity contribution in [3.63, 3.8) is 0 Å². The standard InChI is InChI=1S/C22H27N3O3/c1-16-4-3-5-17(2)20(16)24-22(27)19-8-6-18(7-9-19)21(26)23-10-11-25-12-14-28-15-13-25/h3-9H,10-15H2,1-2H3,(H,23,26)(H,24,27). The van der Waals surface area contributed by atoms with Crippen molar-refractivity contribution in [1.29, 1.82) is 0 Å². The molecule has 0 unspecified atom stereocenters. The first-order valence-electron chi connectivity index (χ1n) is 9.60. The van der Waals surface area contributed by atoms with E-state index >= 15 is 0 Å². The number of rotatable bonds is 6. The molecule has 1 aliphatic heterocycles. The van der Waals surface area contributed by atoms with Crippen molar-refractivity contribution in [2.75, 3.05) is 44.7 Å². The molecule has 3 rings (SSSR count). The zero-order valence-corrected chi connectivity index (χ0v) is 16.5. The number of amides is 2. The van der Waals surface area contributed by atoms with Gasteiger partial charge in [0, 0.05) is 43.0 Å². The van der Waals surface area contributed by atoms with E-state index in [-0.39, 0.29) is 11.8 Å². The highest BCUT2D eigenvalue weighted by Gasteiger charge is 2.13. The van der Waals surface area contributed by atoms with Gasteiger partial charge >= 0.3 is 0 Å². The Balaban J connectivity index is 1.53. The lowest BCUT2D eigenvalue weighted by Crippen LogP contribution is -2.41. The fraction of sp³-hybridized carbons (Fsp3) is 0.364. The Morgan fingerprint density at radius 2 is 1.50 bits per heavy atom. The molecule has 0 radical (unpaired) electrons. The second-order valence-corrected chi connectivity index (χ2v) is 7.01. The maximum absolute atomic E-state index is 12.5. The number of benzene rings is 2. The van der Waals surface area contributed by atoms with E-state index in [1.54, 1.807) is 24.3 Å². The van der Waals surface area contributed by atoms with Crippen molar-refractivity contribution in [2.24, 2.45) is 0 Å². The van der Waals surface area contributed by atoms with Crippen molar-refractivity contribution in [2.45, 2.75) is 13.8 Å². The zero-order valence-electron chi connectivity index (χ0n) is 16.5. The van der Waals surface area contributed by atoms with E-state index in [4.69, 9.17) is 4.74 Å². The summed E-state index contributed by atoms with van der Waals surface area (Å²) in [6.07, 6.45) is 0. The first kappa shape index (κ1) is 20.0. The van der Waals surface area contributed by atoms with Gasteiger partial charge in [0.15, 0.2) is 0 Å². The van der Waals surface area contributed by atoms with Crippen LogP contribution in [0.5, 0.6) is 0 Å². The first-order chi connectivity index (χ1) is 13.5. The van der Waals surface area contributed by atoms with Crippen molar-refractivity contribution in [3.05, 3.63) is 64.7 Å². The van der Waals surface area contributed by atoms with Gasteiger partial charge in [-0.05, 0) is 49.2 Å². The molecule has 0 saturated carbocycles. The van der Waals surface area contributed by atoms with E-state index in [1.165, 1.54) is 0 Å². The highest BCUT2D eigenvalue weighted by molar-refractivity contribution is 6.05. The fourth-order valence-electron chi connectivity index (χ4n) is 3.22. The van der Waals surface area contributed by atoms with Crippen LogP contribution in [0.4, 0.5) is 5.69 Å². The number of anilines is 1. The maximum atomic E-state index is 12.5. The molecule has 2 aromatic carbocycles. The second-order valence-electron chi connectivity index (χ2n) is 7.01. The van der Waals surface area contributed by atoms with Gasteiger partial charge in [0.05, 0.1) is 13.2 Å². The highest BCUT2D eigenvalue weighted by Crippen LogP contribution is 2.20. The van der Waals surface area contributed by atoms with E-state index in [2.05, 4.69) is 15.5 Å². The Hall–Kier alpha value is -2.70. The van der Waals surface area contributed by atoms with Crippen LogP contribution in [-0.4, -0.2) is 56.1 Å². The molecule has 0 aliphatic carbocycles. The Kier molecular flexibility index (Phi) is 6.79. The number of ether oxygens (including phenoxy) is 1. The molecule has 0 bridgehead atoms. The molecule has 28 heavy (non-hydrogen) atoms. The largest absolute Gasteiger partial charge is 0.379 e. The molecule has 2 N–H and O–H groups in total. The third-order valence-electron chi connectivity index (χ3n) is 4.95. The molecule has 1 saturated heterocycles. The molecule has 2 aromatic rings. The van der Waals surface area contributed by atoms with Crippen LogP contribution >= 0.6 is 0 Å². The van der Waals surface area contributed by atoms with E-state index in [0.29, 0.717) is 17.7 Å². The number of hydrogen-bond acceptors (Lipinski definition) is 4. The lowest BCUT2D eigenvalue weighted by atomic mass is 10.1. The van der Waals surface area contributed by atoms with Crippen LogP contribution in [0.1, 0.15) is 31.8 Å². The summed E-state index contributed by atoms with van der Waals surface area (Å²) in [6.45, 7) is 8.64. The summed E-state index contributed by atoms with van der Waals surface area (Å²) in [5.41, 5.74) is 3.93. The fourth-order valence-corrected chi connectivity index (χ4v) is 3.22. The summed E-state index contributed by atoms with van der Waals surface area (Å²) in [7, 11) is 0. The summed E-state index contributed by atoms with van der Waals surface area (Å²) in [6, 6.07) is 12.6. The van der Waals surface area contributed by atoms with Gasteiger partial charge in [0.1, 0.15) is 0 Å². The summed E-state index contributed by atoms with van der Waals surface area (Å²) in [4.78, 5) is 27.1. The quantitative estimate of drug-likeness (QED) is 0.807. The van der Waals surface area contributed by atoms with Crippen LogP contribution in [0.2, 0.25) is 0 Å². The molecule has 6 heteroatoms. The average molecular weight is 381 g/mol. The molecule has 1 fully saturated rings. The summed E-state index contributed by atoms with van der Waals surface area (Å²) >= 11 is 0. The van der Waals surface area contributed by atoms with E-state index in [9.17, 15) is 9.59 Å². The van der Waals surface area contributed by atoms with Crippen molar-refractivity contribution < 1.29 is 14.3 Å². The van der Waals surface area contributed by atoms with Crippen LogP contribution < -0.4 is 10.6 Å². The first-order valence-corrected chi connectivity index (χ1v) is 9.60. The molecular weight excluding hydrogens is 354 g/mol. The Morgan fingerprint density at radius 1 is 0.929 bits per heavy atom. The third kappa shape index (κ3) is 5.18. The lowest BCUT2D eigenvalue weighted by Gasteiger charge is -2.26. The number of carbonyl (C=O) groups is 2. The molecule has 2 amide bonds. The highest BCUT2D eigenvalue weighted by atomic mass is 16.5. The molecule has 1 aliphatic rings. The molecule has 148 valence electrons. The van der Waals surface area contributed by atoms with Gasteiger partial charge in [-0.15, -0.1) is 0 Å². The minimum absolute atomic E-state index is 0.130.